The smallest absolute Gasteiger partial charge is 0.411 e. The Labute approximate surface area is 91.6 Å². The van der Waals surface area contributed by atoms with Gasteiger partial charge in [0.25, 0.3) is 0 Å². The first-order valence-corrected chi connectivity index (χ1v) is 4.94. The minimum absolute atomic E-state index is 0.109. The molecule has 0 fully saturated rings. The van der Waals surface area contributed by atoms with Gasteiger partial charge in [0.05, 0.1) is 12.5 Å². The fraction of sp³-hybridized carbons (Fsp3) is 0.600. The molecule has 1 heterocycles. The van der Waals surface area contributed by atoms with Gasteiger partial charge in [-0.1, -0.05) is 0 Å². The molecule has 0 radical (unpaired) electrons. The van der Waals surface area contributed by atoms with Gasteiger partial charge in [0.15, 0.2) is 0 Å². The Kier molecular flexibility index (Phi) is 5.34. The van der Waals surface area contributed by atoms with E-state index in [1.165, 1.54) is 0 Å². The van der Waals surface area contributed by atoms with Gasteiger partial charge in [-0.15, -0.1) is 0 Å². The second-order valence-corrected chi connectivity index (χ2v) is 3.33. The van der Waals surface area contributed by atoms with E-state index < -0.39 is 12.8 Å². The van der Waals surface area contributed by atoms with E-state index in [1.807, 2.05) is 6.07 Å². The SMILES string of the molecule is FC(F)(F)COCCCNCc1ccoc1. The average molecular weight is 237 g/mol. The highest BCUT2D eigenvalue weighted by Gasteiger charge is 2.27. The molecule has 0 spiro atoms. The molecule has 6 heteroatoms. The Morgan fingerprint density at radius 2 is 2.19 bits per heavy atom. The van der Waals surface area contributed by atoms with Gasteiger partial charge < -0.3 is 14.5 Å². The van der Waals surface area contributed by atoms with E-state index in [2.05, 4.69) is 10.1 Å². The van der Waals surface area contributed by atoms with E-state index in [1.54, 1.807) is 12.5 Å². The third-order valence-electron chi connectivity index (χ3n) is 1.82. The molecule has 1 N–H and O–H groups in total. The monoisotopic (exact) mass is 237 g/mol. The summed E-state index contributed by atoms with van der Waals surface area (Å²) in [5.41, 5.74) is 1.01. The number of alkyl halides is 3. The van der Waals surface area contributed by atoms with Crippen LogP contribution in [0.4, 0.5) is 13.2 Å². The third-order valence-corrected chi connectivity index (χ3v) is 1.82. The maximum atomic E-state index is 11.7. The Hall–Kier alpha value is -1.01. The van der Waals surface area contributed by atoms with Gasteiger partial charge in [-0.25, -0.2) is 0 Å². The number of hydrogen-bond donors (Lipinski definition) is 1. The standard InChI is InChI=1S/C10H14F3NO2/c11-10(12,13)8-16-4-1-3-14-6-9-2-5-15-7-9/h2,5,7,14H,1,3-4,6,8H2. The molecule has 92 valence electrons. The van der Waals surface area contributed by atoms with Gasteiger partial charge in [0.2, 0.25) is 0 Å². The lowest BCUT2D eigenvalue weighted by atomic mass is 10.3. The number of furan rings is 1. The maximum absolute atomic E-state index is 11.7. The van der Waals surface area contributed by atoms with Crippen molar-refractivity contribution in [3.8, 4) is 0 Å². The lowest BCUT2D eigenvalue weighted by molar-refractivity contribution is -0.173. The van der Waals surface area contributed by atoms with E-state index in [4.69, 9.17) is 4.42 Å². The van der Waals surface area contributed by atoms with Crippen molar-refractivity contribution in [2.75, 3.05) is 19.8 Å². The predicted octanol–water partition coefficient (Wildman–Crippen LogP) is 2.34. The zero-order chi connectivity index (χ0) is 11.9. The second kappa shape index (κ2) is 6.55. The van der Waals surface area contributed by atoms with Crippen LogP contribution in [-0.2, 0) is 11.3 Å². The first kappa shape index (κ1) is 13.1. The molecule has 0 aliphatic heterocycles. The van der Waals surface area contributed by atoms with Crippen molar-refractivity contribution < 1.29 is 22.3 Å². The number of halogens is 3. The van der Waals surface area contributed by atoms with Gasteiger partial charge in [0, 0.05) is 18.7 Å². The van der Waals surface area contributed by atoms with Crippen molar-refractivity contribution in [2.24, 2.45) is 0 Å². The van der Waals surface area contributed by atoms with Gasteiger partial charge in [-0.05, 0) is 19.0 Å². The van der Waals surface area contributed by atoms with Gasteiger partial charge in [-0.2, -0.15) is 13.2 Å². The minimum Gasteiger partial charge on any atom is -0.472 e. The quantitative estimate of drug-likeness (QED) is 0.739. The van der Waals surface area contributed by atoms with Crippen LogP contribution in [0.3, 0.4) is 0 Å². The fourth-order valence-corrected chi connectivity index (χ4v) is 1.11. The fourth-order valence-electron chi connectivity index (χ4n) is 1.11. The molecule has 0 saturated heterocycles. The zero-order valence-corrected chi connectivity index (χ0v) is 8.72. The maximum Gasteiger partial charge on any atom is 0.411 e. The molecule has 1 aromatic heterocycles. The Morgan fingerprint density at radius 1 is 1.38 bits per heavy atom. The number of nitrogens with one attached hydrogen (secondary N) is 1. The van der Waals surface area contributed by atoms with Crippen LogP contribution >= 0.6 is 0 Å². The molecule has 0 atom stereocenters. The minimum atomic E-state index is -4.23. The van der Waals surface area contributed by atoms with E-state index in [0.29, 0.717) is 19.5 Å². The molecule has 0 aliphatic carbocycles. The van der Waals surface area contributed by atoms with Crippen molar-refractivity contribution >= 4 is 0 Å². The molecule has 0 saturated carbocycles. The molecular formula is C10H14F3NO2. The van der Waals surface area contributed by atoms with Gasteiger partial charge in [0.1, 0.15) is 6.61 Å². The first-order chi connectivity index (χ1) is 7.58. The van der Waals surface area contributed by atoms with Crippen LogP contribution in [0.2, 0.25) is 0 Å². The molecule has 0 aliphatic rings. The van der Waals surface area contributed by atoms with Crippen molar-refractivity contribution in [3.05, 3.63) is 24.2 Å². The summed E-state index contributed by atoms with van der Waals surface area (Å²) in [6.45, 7) is 0.200. The highest BCUT2D eigenvalue weighted by Crippen LogP contribution is 2.14. The van der Waals surface area contributed by atoms with Crippen LogP contribution in [0.5, 0.6) is 0 Å². The summed E-state index contributed by atoms with van der Waals surface area (Å²) in [6, 6.07) is 1.83. The van der Waals surface area contributed by atoms with E-state index in [-0.39, 0.29) is 6.61 Å². The van der Waals surface area contributed by atoms with Crippen molar-refractivity contribution in [1.82, 2.24) is 5.32 Å². The van der Waals surface area contributed by atoms with Crippen molar-refractivity contribution in [2.45, 2.75) is 19.1 Å². The summed E-state index contributed by atoms with van der Waals surface area (Å²) in [5, 5.41) is 3.06. The van der Waals surface area contributed by atoms with Crippen LogP contribution < -0.4 is 5.32 Å². The first-order valence-electron chi connectivity index (χ1n) is 4.94. The number of rotatable bonds is 7. The molecule has 16 heavy (non-hydrogen) atoms. The molecule has 0 amide bonds. The Balaban J connectivity index is 1.89. The van der Waals surface area contributed by atoms with Gasteiger partial charge >= 0.3 is 6.18 Å². The predicted molar refractivity (Wildman–Crippen MR) is 51.9 cm³/mol. The molecule has 1 aromatic rings. The van der Waals surface area contributed by atoms with Crippen molar-refractivity contribution in [3.63, 3.8) is 0 Å². The lowest BCUT2D eigenvalue weighted by Crippen LogP contribution is -2.20. The average Bonchev–Trinajstić information content (AvgIpc) is 2.67. The summed E-state index contributed by atoms with van der Waals surface area (Å²) < 4.78 is 44.3. The topological polar surface area (TPSA) is 34.4 Å². The molecule has 0 aromatic carbocycles. The number of ether oxygens (including phenoxy) is 1. The van der Waals surface area contributed by atoms with Crippen molar-refractivity contribution in [1.29, 1.82) is 0 Å². The molecule has 0 bridgehead atoms. The van der Waals surface area contributed by atoms with E-state index >= 15 is 0 Å². The molecule has 3 nitrogen and oxygen atoms in total. The number of hydrogen-bond acceptors (Lipinski definition) is 3. The van der Waals surface area contributed by atoms with Gasteiger partial charge in [-0.3, -0.25) is 0 Å². The van der Waals surface area contributed by atoms with Crippen LogP contribution in [0.1, 0.15) is 12.0 Å². The summed E-state index contributed by atoms with van der Waals surface area (Å²) in [5.74, 6) is 0. The second-order valence-electron chi connectivity index (χ2n) is 3.33. The normalized spacial score (nSPS) is 11.9. The summed E-state index contributed by atoms with van der Waals surface area (Å²) in [6.07, 6.45) is -0.491. The Bertz CT molecular complexity index is 272. The zero-order valence-electron chi connectivity index (χ0n) is 8.72. The van der Waals surface area contributed by atoms with Crippen LogP contribution in [0, 0.1) is 0 Å². The highest BCUT2D eigenvalue weighted by molar-refractivity contribution is 5.04. The molecule has 0 unspecified atom stereocenters. The lowest BCUT2D eigenvalue weighted by Gasteiger charge is -2.07. The van der Waals surface area contributed by atoms with E-state index in [0.717, 1.165) is 5.56 Å². The van der Waals surface area contributed by atoms with E-state index in [9.17, 15) is 13.2 Å². The third kappa shape index (κ3) is 6.47. The molecule has 1 rings (SSSR count). The largest absolute Gasteiger partial charge is 0.472 e. The van der Waals surface area contributed by atoms with Crippen LogP contribution in [-0.4, -0.2) is 25.9 Å². The summed E-state index contributed by atoms with van der Waals surface area (Å²) in [4.78, 5) is 0. The molecular weight excluding hydrogens is 223 g/mol. The summed E-state index contributed by atoms with van der Waals surface area (Å²) >= 11 is 0. The summed E-state index contributed by atoms with van der Waals surface area (Å²) in [7, 11) is 0. The highest BCUT2D eigenvalue weighted by atomic mass is 19.4. The van der Waals surface area contributed by atoms with Crippen LogP contribution in [0.15, 0.2) is 23.0 Å². The van der Waals surface area contributed by atoms with Crippen LogP contribution in [0.25, 0.3) is 0 Å². The Morgan fingerprint density at radius 3 is 2.81 bits per heavy atom.